The van der Waals surface area contributed by atoms with E-state index < -0.39 is 14.9 Å². The molecule has 0 saturated heterocycles. The second kappa shape index (κ2) is 9.71. The smallest absolute Gasteiger partial charge is 0.271 e. The summed E-state index contributed by atoms with van der Waals surface area (Å²) < 4.78 is 28.8. The standard InChI is InChI=1S/C19H22Br2N4O4S/c1-14-11-16(25(26)27)12-18(19(14)23(9-5-20)10-6-21)30(28,29)24-8-4-17-15(13-24)3-2-7-22-17/h2-3,7,11-12H,4-6,8-10,13H2,1H3. The number of rotatable bonds is 8. The minimum atomic E-state index is -3.97. The van der Waals surface area contributed by atoms with E-state index in [1.54, 1.807) is 19.2 Å². The summed E-state index contributed by atoms with van der Waals surface area (Å²) in [6, 6.07) is 6.27. The van der Waals surface area contributed by atoms with Crippen molar-refractivity contribution in [3.63, 3.8) is 0 Å². The molecule has 0 spiro atoms. The van der Waals surface area contributed by atoms with E-state index in [1.807, 2.05) is 11.0 Å². The fraction of sp³-hybridized carbons (Fsp3) is 0.421. The lowest BCUT2D eigenvalue weighted by Crippen LogP contribution is -2.38. The van der Waals surface area contributed by atoms with Crippen molar-refractivity contribution in [2.24, 2.45) is 0 Å². The number of halogens is 2. The van der Waals surface area contributed by atoms with E-state index in [2.05, 4.69) is 36.8 Å². The fourth-order valence-electron chi connectivity index (χ4n) is 3.66. The Morgan fingerprint density at radius 3 is 2.60 bits per heavy atom. The van der Waals surface area contributed by atoms with Gasteiger partial charge in [-0.2, -0.15) is 4.31 Å². The summed E-state index contributed by atoms with van der Waals surface area (Å²) in [5, 5.41) is 12.7. The van der Waals surface area contributed by atoms with Crippen LogP contribution in [0.3, 0.4) is 0 Å². The Balaban J connectivity index is 2.13. The van der Waals surface area contributed by atoms with E-state index in [0.29, 0.717) is 41.4 Å². The molecule has 3 rings (SSSR count). The van der Waals surface area contributed by atoms with Crippen molar-refractivity contribution in [2.45, 2.75) is 24.8 Å². The number of aromatic nitrogens is 1. The number of sulfonamides is 1. The van der Waals surface area contributed by atoms with Crippen LogP contribution < -0.4 is 4.90 Å². The molecule has 1 aliphatic heterocycles. The van der Waals surface area contributed by atoms with Gasteiger partial charge in [0.05, 0.1) is 10.6 Å². The van der Waals surface area contributed by atoms with Gasteiger partial charge in [-0.3, -0.25) is 15.1 Å². The zero-order chi connectivity index (χ0) is 21.9. The first-order valence-electron chi connectivity index (χ1n) is 9.38. The molecule has 0 saturated carbocycles. The Kier molecular flexibility index (Phi) is 7.48. The third kappa shape index (κ3) is 4.68. The van der Waals surface area contributed by atoms with Gasteiger partial charge < -0.3 is 4.90 Å². The Hall–Kier alpha value is -1.56. The molecule has 1 aromatic carbocycles. The predicted molar refractivity (Wildman–Crippen MR) is 123 cm³/mol. The summed E-state index contributed by atoms with van der Waals surface area (Å²) >= 11 is 6.83. The molecule has 0 unspecified atom stereocenters. The van der Waals surface area contributed by atoms with Crippen LogP contribution in [0.25, 0.3) is 0 Å². The first-order chi connectivity index (χ1) is 14.3. The van der Waals surface area contributed by atoms with Crippen LogP contribution in [0.2, 0.25) is 0 Å². The highest BCUT2D eigenvalue weighted by Crippen LogP contribution is 2.36. The molecule has 11 heteroatoms. The Morgan fingerprint density at radius 1 is 1.27 bits per heavy atom. The minimum Gasteiger partial charge on any atom is -0.369 e. The van der Waals surface area contributed by atoms with Gasteiger partial charge in [-0.1, -0.05) is 37.9 Å². The minimum absolute atomic E-state index is 0.0246. The SMILES string of the molecule is Cc1cc([N+](=O)[O-])cc(S(=O)(=O)N2CCc3ncccc3C2)c1N(CCBr)CCBr. The molecular formula is C19H22Br2N4O4S. The molecule has 1 aliphatic rings. The summed E-state index contributed by atoms with van der Waals surface area (Å²) in [5.74, 6) is 0. The van der Waals surface area contributed by atoms with E-state index in [0.717, 1.165) is 11.3 Å². The van der Waals surface area contributed by atoms with Gasteiger partial charge in [0.25, 0.3) is 5.69 Å². The molecule has 0 N–H and O–H groups in total. The van der Waals surface area contributed by atoms with Gasteiger partial charge in [0.1, 0.15) is 4.90 Å². The predicted octanol–water partition coefficient (Wildman–Crippen LogP) is 3.64. The van der Waals surface area contributed by atoms with Crippen LogP contribution in [0.1, 0.15) is 16.8 Å². The Labute approximate surface area is 192 Å². The number of nitro benzene ring substituents is 1. The lowest BCUT2D eigenvalue weighted by Gasteiger charge is -2.31. The molecule has 30 heavy (non-hydrogen) atoms. The number of alkyl halides is 2. The summed E-state index contributed by atoms with van der Waals surface area (Å²) in [4.78, 5) is 17.2. The maximum Gasteiger partial charge on any atom is 0.271 e. The lowest BCUT2D eigenvalue weighted by molar-refractivity contribution is -0.385. The molecule has 0 bridgehead atoms. The van der Waals surface area contributed by atoms with Gasteiger partial charge in [0.2, 0.25) is 10.0 Å². The number of hydrogen-bond donors (Lipinski definition) is 0. The monoisotopic (exact) mass is 560 g/mol. The van der Waals surface area contributed by atoms with Crippen molar-refractivity contribution in [1.82, 2.24) is 9.29 Å². The highest BCUT2D eigenvalue weighted by atomic mass is 79.9. The summed E-state index contributed by atoms with van der Waals surface area (Å²) in [6.07, 6.45) is 2.20. The fourth-order valence-corrected chi connectivity index (χ4v) is 6.24. The molecule has 2 aromatic rings. The molecule has 0 radical (unpaired) electrons. The average molecular weight is 562 g/mol. The number of anilines is 1. The molecule has 0 fully saturated rings. The number of hydrogen-bond acceptors (Lipinski definition) is 6. The van der Waals surface area contributed by atoms with Gasteiger partial charge >= 0.3 is 0 Å². The highest BCUT2D eigenvalue weighted by molar-refractivity contribution is 9.09. The quantitative estimate of drug-likeness (QED) is 0.277. The number of benzene rings is 1. The molecule has 2 heterocycles. The summed E-state index contributed by atoms with van der Waals surface area (Å²) in [6.45, 7) is 3.33. The first-order valence-corrected chi connectivity index (χ1v) is 13.1. The van der Waals surface area contributed by atoms with E-state index in [-0.39, 0.29) is 23.7 Å². The maximum absolute atomic E-state index is 13.7. The Bertz CT molecular complexity index is 1040. The molecule has 1 aromatic heterocycles. The van der Waals surface area contributed by atoms with Crippen molar-refractivity contribution >= 4 is 53.3 Å². The molecule has 8 nitrogen and oxygen atoms in total. The van der Waals surface area contributed by atoms with Crippen LogP contribution in [-0.2, 0) is 23.0 Å². The lowest BCUT2D eigenvalue weighted by atomic mass is 10.1. The average Bonchev–Trinajstić information content (AvgIpc) is 2.72. The normalized spacial score (nSPS) is 14.4. The van der Waals surface area contributed by atoms with Gasteiger partial charge in [-0.05, 0) is 24.1 Å². The number of aryl methyl sites for hydroxylation is 1. The van der Waals surface area contributed by atoms with Gasteiger partial charge in [-0.25, -0.2) is 8.42 Å². The van der Waals surface area contributed by atoms with Gasteiger partial charge in [0.15, 0.2) is 0 Å². The maximum atomic E-state index is 13.7. The number of non-ortho nitro benzene ring substituents is 1. The van der Waals surface area contributed by atoms with Gasteiger partial charge in [-0.15, -0.1) is 0 Å². The second-order valence-electron chi connectivity index (χ2n) is 6.93. The van der Waals surface area contributed by atoms with E-state index in [1.165, 1.54) is 16.4 Å². The largest absolute Gasteiger partial charge is 0.369 e. The van der Waals surface area contributed by atoms with Crippen LogP contribution in [-0.4, -0.2) is 52.9 Å². The van der Waals surface area contributed by atoms with Crippen LogP contribution in [0, 0.1) is 17.0 Å². The van der Waals surface area contributed by atoms with Crippen molar-refractivity contribution in [3.05, 3.63) is 57.4 Å². The first kappa shape index (κ1) is 23.1. The third-order valence-corrected chi connectivity index (χ3v) is 7.60. The topological polar surface area (TPSA) is 96.6 Å². The van der Waals surface area contributed by atoms with E-state index in [4.69, 9.17) is 0 Å². The van der Waals surface area contributed by atoms with Crippen molar-refractivity contribution in [2.75, 3.05) is 35.2 Å². The summed E-state index contributed by atoms with van der Waals surface area (Å²) in [7, 11) is -3.97. The number of fused-ring (bicyclic) bond motifs is 1. The molecular weight excluding hydrogens is 540 g/mol. The molecule has 0 atom stereocenters. The highest BCUT2D eigenvalue weighted by Gasteiger charge is 2.34. The van der Waals surface area contributed by atoms with Crippen molar-refractivity contribution in [3.8, 4) is 0 Å². The third-order valence-electron chi connectivity index (χ3n) is 5.03. The second-order valence-corrected chi connectivity index (χ2v) is 10.4. The number of nitrogens with zero attached hydrogens (tertiary/aromatic N) is 4. The van der Waals surface area contributed by atoms with Crippen molar-refractivity contribution in [1.29, 1.82) is 0 Å². The molecule has 162 valence electrons. The van der Waals surface area contributed by atoms with Gasteiger partial charge in [0, 0.05) is 67.3 Å². The Morgan fingerprint density at radius 2 is 1.97 bits per heavy atom. The number of pyridine rings is 1. The summed E-state index contributed by atoms with van der Waals surface area (Å²) in [5.41, 5.74) is 2.58. The van der Waals surface area contributed by atoms with Crippen LogP contribution in [0.15, 0.2) is 35.4 Å². The van der Waals surface area contributed by atoms with Crippen LogP contribution >= 0.6 is 31.9 Å². The zero-order valence-corrected chi connectivity index (χ0v) is 20.4. The van der Waals surface area contributed by atoms with E-state index in [9.17, 15) is 18.5 Å². The van der Waals surface area contributed by atoms with E-state index >= 15 is 0 Å². The number of nitro groups is 1. The zero-order valence-electron chi connectivity index (χ0n) is 16.4. The van der Waals surface area contributed by atoms with Crippen LogP contribution in [0.5, 0.6) is 0 Å². The van der Waals surface area contributed by atoms with Crippen LogP contribution in [0.4, 0.5) is 11.4 Å². The molecule has 0 amide bonds. The molecule has 0 aliphatic carbocycles. The van der Waals surface area contributed by atoms with Crippen molar-refractivity contribution < 1.29 is 13.3 Å².